The summed E-state index contributed by atoms with van der Waals surface area (Å²) in [6.07, 6.45) is 3.48. The highest BCUT2D eigenvalue weighted by Crippen LogP contribution is 2.21. The molecule has 0 aliphatic carbocycles. The lowest BCUT2D eigenvalue weighted by Crippen LogP contribution is -1.77. The van der Waals surface area contributed by atoms with Crippen LogP contribution in [0, 0.1) is 0 Å². The predicted octanol–water partition coefficient (Wildman–Crippen LogP) is 1.79. The molecule has 12 heavy (non-hydrogen) atoms. The molecule has 0 saturated carbocycles. The standard InChI is InChI=1S/C8H7N3S/c9-8-5-7(11-12-8)6-1-3-10-4-2-6/h1-5H,9H2. The van der Waals surface area contributed by atoms with E-state index in [4.69, 9.17) is 5.73 Å². The summed E-state index contributed by atoms with van der Waals surface area (Å²) in [5.41, 5.74) is 7.53. The van der Waals surface area contributed by atoms with Gasteiger partial charge in [0.15, 0.2) is 0 Å². The minimum Gasteiger partial charge on any atom is -0.389 e. The molecule has 2 N–H and O–H groups in total. The van der Waals surface area contributed by atoms with E-state index >= 15 is 0 Å². The van der Waals surface area contributed by atoms with Crippen LogP contribution in [-0.4, -0.2) is 9.36 Å². The Labute approximate surface area is 74.0 Å². The lowest BCUT2D eigenvalue weighted by Gasteiger charge is -1.91. The van der Waals surface area contributed by atoms with Crippen LogP contribution >= 0.6 is 11.5 Å². The SMILES string of the molecule is Nc1cc(-c2ccncc2)ns1. The number of aromatic nitrogens is 2. The fourth-order valence-electron chi connectivity index (χ4n) is 0.948. The number of hydrogen-bond acceptors (Lipinski definition) is 4. The molecule has 0 fully saturated rings. The largest absolute Gasteiger partial charge is 0.389 e. The number of nitrogens with two attached hydrogens (primary N) is 1. The van der Waals surface area contributed by atoms with Gasteiger partial charge >= 0.3 is 0 Å². The molecule has 0 saturated heterocycles. The van der Waals surface area contributed by atoms with Gasteiger partial charge < -0.3 is 5.73 Å². The van der Waals surface area contributed by atoms with Crippen molar-refractivity contribution in [3.63, 3.8) is 0 Å². The first kappa shape index (κ1) is 7.24. The molecule has 2 aromatic heterocycles. The van der Waals surface area contributed by atoms with E-state index in [-0.39, 0.29) is 0 Å². The lowest BCUT2D eigenvalue weighted by molar-refractivity contribution is 1.32. The first-order chi connectivity index (χ1) is 5.86. The van der Waals surface area contributed by atoms with Crippen LogP contribution < -0.4 is 5.73 Å². The molecule has 0 radical (unpaired) electrons. The van der Waals surface area contributed by atoms with Crippen molar-refractivity contribution in [1.29, 1.82) is 0 Å². The minimum atomic E-state index is 0.738. The van der Waals surface area contributed by atoms with Crippen molar-refractivity contribution in [2.45, 2.75) is 0 Å². The third kappa shape index (κ3) is 1.29. The molecule has 0 atom stereocenters. The van der Waals surface area contributed by atoms with E-state index in [0.29, 0.717) is 0 Å². The summed E-state index contributed by atoms with van der Waals surface area (Å²) in [5, 5.41) is 0.738. The number of hydrogen-bond donors (Lipinski definition) is 1. The highest BCUT2D eigenvalue weighted by atomic mass is 32.1. The zero-order chi connectivity index (χ0) is 8.39. The second-order valence-corrected chi connectivity index (χ2v) is 3.19. The Morgan fingerprint density at radius 3 is 2.58 bits per heavy atom. The van der Waals surface area contributed by atoms with Gasteiger partial charge in [0.05, 0.1) is 5.69 Å². The number of nitrogens with zero attached hydrogens (tertiary/aromatic N) is 2. The highest BCUT2D eigenvalue weighted by molar-refractivity contribution is 7.10. The molecule has 2 heterocycles. The number of anilines is 1. The molecule has 4 heteroatoms. The third-order valence-electron chi connectivity index (χ3n) is 1.50. The van der Waals surface area contributed by atoms with Gasteiger partial charge in [-0.25, -0.2) is 0 Å². The predicted molar refractivity (Wildman–Crippen MR) is 49.8 cm³/mol. The van der Waals surface area contributed by atoms with Crippen LogP contribution in [0.3, 0.4) is 0 Å². The average molecular weight is 177 g/mol. The number of pyridine rings is 1. The Hall–Kier alpha value is -1.42. The first-order valence-corrected chi connectivity index (χ1v) is 4.26. The van der Waals surface area contributed by atoms with Crippen molar-refractivity contribution < 1.29 is 0 Å². The maximum Gasteiger partial charge on any atom is 0.107 e. The summed E-state index contributed by atoms with van der Waals surface area (Å²) in [4.78, 5) is 3.92. The quantitative estimate of drug-likeness (QED) is 0.722. The van der Waals surface area contributed by atoms with Crippen LogP contribution in [0.4, 0.5) is 5.00 Å². The molecule has 0 amide bonds. The Bertz CT molecular complexity index is 369. The molecule has 60 valence electrons. The topological polar surface area (TPSA) is 51.8 Å². The van der Waals surface area contributed by atoms with Crippen LogP contribution in [0.5, 0.6) is 0 Å². The van der Waals surface area contributed by atoms with E-state index in [1.165, 1.54) is 11.5 Å². The Morgan fingerprint density at radius 2 is 2.00 bits per heavy atom. The summed E-state index contributed by atoms with van der Waals surface area (Å²) < 4.78 is 4.17. The van der Waals surface area contributed by atoms with Gasteiger partial charge in [-0.15, -0.1) is 0 Å². The van der Waals surface area contributed by atoms with Gasteiger partial charge in [-0.3, -0.25) is 4.98 Å². The molecule has 0 bridgehead atoms. The molecule has 2 aromatic rings. The van der Waals surface area contributed by atoms with Gasteiger partial charge in [0.25, 0.3) is 0 Å². The fourth-order valence-corrected chi connectivity index (χ4v) is 1.47. The van der Waals surface area contributed by atoms with Gasteiger partial charge in [-0.2, -0.15) is 4.37 Å². The third-order valence-corrected chi connectivity index (χ3v) is 2.12. The maximum absolute atomic E-state index is 5.56. The van der Waals surface area contributed by atoms with E-state index in [1.807, 2.05) is 18.2 Å². The van der Waals surface area contributed by atoms with Crippen molar-refractivity contribution in [2.75, 3.05) is 5.73 Å². The summed E-state index contributed by atoms with van der Waals surface area (Å²) in [6.45, 7) is 0. The Kier molecular flexibility index (Phi) is 1.75. The molecule has 0 aliphatic heterocycles. The molecule has 0 aromatic carbocycles. The number of rotatable bonds is 1. The molecule has 0 unspecified atom stereocenters. The molecular formula is C8H7N3S. The second kappa shape index (κ2) is 2.91. The van der Waals surface area contributed by atoms with Crippen LogP contribution in [0.2, 0.25) is 0 Å². The van der Waals surface area contributed by atoms with E-state index in [2.05, 4.69) is 9.36 Å². The van der Waals surface area contributed by atoms with Gasteiger partial charge in [0.2, 0.25) is 0 Å². The monoisotopic (exact) mass is 177 g/mol. The van der Waals surface area contributed by atoms with Crippen LogP contribution in [0.25, 0.3) is 11.3 Å². The van der Waals surface area contributed by atoms with Crippen LogP contribution in [0.1, 0.15) is 0 Å². The first-order valence-electron chi connectivity index (χ1n) is 3.49. The van der Waals surface area contributed by atoms with E-state index in [9.17, 15) is 0 Å². The minimum absolute atomic E-state index is 0.738. The summed E-state index contributed by atoms with van der Waals surface area (Å²) in [5.74, 6) is 0. The van der Waals surface area contributed by atoms with E-state index < -0.39 is 0 Å². The fraction of sp³-hybridized carbons (Fsp3) is 0. The van der Waals surface area contributed by atoms with Gasteiger partial charge in [0.1, 0.15) is 5.00 Å². The van der Waals surface area contributed by atoms with Crippen molar-refractivity contribution in [3.05, 3.63) is 30.6 Å². The molecule has 3 nitrogen and oxygen atoms in total. The van der Waals surface area contributed by atoms with Crippen molar-refractivity contribution in [1.82, 2.24) is 9.36 Å². The maximum atomic E-state index is 5.56. The Morgan fingerprint density at radius 1 is 1.25 bits per heavy atom. The van der Waals surface area contributed by atoms with Crippen LogP contribution in [-0.2, 0) is 0 Å². The number of nitrogen functional groups attached to an aromatic ring is 1. The smallest absolute Gasteiger partial charge is 0.107 e. The molecule has 0 aliphatic rings. The molecule has 2 rings (SSSR count). The zero-order valence-electron chi connectivity index (χ0n) is 6.27. The second-order valence-electron chi connectivity index (χ2n) is 2.35. The lowest BCUT2D eigenvalue weighted by atomic mass is 10.2. The molecular weight excluding hydrogens is 170 g/mol. The van der Waals surface area contributed by atoms with Crippen molar-refractivity contribution >= 4 is 16.5 Å². The highest BCUT2D eigenvalue weighted by Gasteiger charge is 2.00. The van der Waals surface area contributed by atoms with Gasteiger partial charge in [0, 0.05) is 24.0 Å². The van der Waals surface area contributed by atoms with Gasteiger partial charge in [-0.1, -0.05) is 0 Å². The average Bonchev–Trinajstić information content (AvgIpc) is 2.54. The Balaban J connectivity index is 2.45. The molecule has 0 spiro atoms. The van der Waals surface area contributed by atoms with Crippen molar-refractivity contribution in [3.8, 4) is 11.3 Å². The summed E-state index contributed by atoms with van der Waals surface area (Å²) in [7, 11) is 0. The summed E-state index contributed by atoms with van der Waals surface area (Å²) >= 11 is 1.31. The van der Waals surface area contributed by atoms with Gasteiger partial charge in [-0.05, 0) is 23.7 Å². The van der Waals surface area contributed by atoms with Crippen LogP contribution in [0.15, 0.2) is 30.6 Å². The normalized spacial score (nSPS) is 10.0. The van der Waals surface area contributed by atoms with E-state index in [0.717, 1.165) is 16.3 Å². The zero-order valence-corrected chi connectivity index (χ0v) is 7.08. The van der Waals surface area contributed by atoms with E-state index in [1.54, 1.807) is 12.4 Å². The van der Waals surface area contributed by atoms with Crippen molar-refractivity contribution in [2.24, 2.45) is 0 Å². The summed E-state index contributed by atoms with van der Waals surface area (Å²) in [6, 6.07) is 5.68.